The molecule has 1 heterocycles. The van der Waals surface area contributed by atoms with Crippen LogP contribution in [0.1, 0.15) is 41.1 Å². The zero-order valence-electron chi connectivity index (χ0n) is 21.1. The molecule has 0 bridgehead atoms. The molecule has 0 aliphatic carbocycles. The molecule has 0 saturated carbocycles. The number of benzene rings is 3. The van der Waals surface area contributed by atoms with E-state index >= 15 is 0 Å². The van der Waals surface area contributed by atoms with Crippen LogP contribution in [0.4, 0.5) is 4.79 Å². The number of rotatable bonds is 8. The van der Waals surface area contributed by atoms with Crippen molar-refractivity contribution in [3.8, 4) is 5.75 Å². The highest BCUT2D eigenvalue weighted by molar-refractivity contribution is 5.81. The first-order valence-electron chi connectivity index (χ1n) is 12.6. The zero-order valence-corrected chi connectivity index (χ0v) is 21.1. The first-order valence-corrected chi connectivity index (χ1v) is 12.6. The van der Waals surface area contributed by atoms with Crippen LogP contribution >= 0.6 is 0 Å². The molecule has 6 heteroatoms. The van der Waals surface area contributed by atoms with Crippen LogP contribution in [0.2, 0.25) is 0 Å². The fourth-order valence-electron chi connectivity index (χ4n) is 4.77. The van der Waals surface area contributed by atoms with E-state index in [0.717, 1.165) is 47.3 Å². The van der Waals surface area contributed by atoms with E-state index in [1.165, 1.54) is 0 Å². The number of carbonyl (C=O) groups excluding carboxylic acids is 2. The topological polar surface area (TPSA) is 70.7 Å². The van der Waals surface area contributed by atoms with Crippen LogP contribution in [-0.4, -0.2) is 37.0 Å². The van der Waals surface area contributed by atoms with Crippen LogP contribution in [0.5, 0.6) is 5.75 Å². The summed E-state index contributed by atoms with van der Waals surface area (Å²) in [4.78, 5) is 28.2. The number of nitrogens with zero attached hydrogens (tertiary/aromatic N) is 1. The van der Waals surface area contributed by atoms with Gasteiger partial charge in [0.2, 0.25) is 5.91 Å². The Morgan fingerprint density at radius 1 is 0.917 bits per heavy atom. The smallest absolute Gasteiger partial charge is 0.318 e. The highest BCUT2D eigenvalue weighted by atomic mass is 16.5. The Morgan fingerprint density at radius 3 is 2.42 bits per heavy atom. The molecular formula is C30H35N3O3. The number of methoxy groups -OCH3 is 1. The number of piperidine rings is 1. The van der Waals surface area contributed by atoms with Gasteiger partial charge in [-0.15, -0.1) is 0 Å². The molecule has 1 aliphatic heterocycles. The molecule has 1 fully saturated rings. The van der Waals surface area contributed by atoms with Crippen LogP contribution in [-0.2, 0) is 17.8 Å². The van der Waals surface area contributed by atoms with Crippen molar-refractivity contribution in [2.75, 3.05) is 20.2 Å². The Bertz CT molecular complexity index is 1150. The third-order valence-corrected chi connectivity index (χ3v) is 6.80. The Hall–Kier alpha value is -3.80. The highest BCUT2D eigenvalue weighted by Gasteiger charge is 2.35. The molecule has 36 heavy (non-hydrogen) atoms. The molecule has 3 amide bonds. The summed E-state index contributed by atoms with van der Waals surface area (Å²) in [6.07, 6.45) is 2.24. The fourth-order valence-corrected chi connectivity index (χ4v) is 4.77. The summed E-state index contributed by atoms with van der Waals surface area (Å²) in [7, 11) is 1.65. The van der Waals surface area contributed by atoms with Gasteiger partial charge >= 0.3 is 6.03 Å². The van der Waals surface area contributed by atoms with Crippen LogP contribution in [0.25, 0.3) is 0 Å². The molecular weight excluding hydrogens is 450 g/mol. The van der Waals surface area contributed by atoms with Crippen LogP contribution in [0.15, 0.2) is 78.9 Å². The van der Waals surface area contributed by atoms with E-state index < -0.39 is 0 Å². The lowest BCUT2D eigenvalue weighted by molar-refractivity contribution is -0.126. The van der Waals surface area contributed by atoms with E-state index in [2.05, 4.69) is 35.8 Å². The monoisotopic (exact) mass is 485 g/mol. The number of ether oxygens (including phenoxy) is 1. The minimum Gasteiger partial charge on any atom is -0.497 e. The van der Waals surface area contributed by atoms with E-state index in [4.69, 9.17) is 4.74 Å². The van der Waals surface area contributed by atoms with Gasteiger partial charge in [-0.05, 0) is 55.0 Å². The van der Waals surface area contributed by atoms with E-state index in [0.29, 0.717) is 19.6 Å². The Labute approximate surface area is 213 Å². The average Bonchev–Trinajstić information content (AvgIpc) is 2.92. The summed E-state index contributed by atoms with van der Waals surface area (Å²) in [5, 5.41) is 6.14. The minimum atomic E-state index is -0.232. The number of likely N-dealkylation sites (tertiary alicyclic amines) is 1. The second kappa shape index (κ2) is 12.2. The molecule has 2 unspecified atom stereocenters. The number of carbonyl (C=O) groups is 2. The zero-order chi connectivity index (χ0) is 25.3. The van der Waals surface area contributed by atoms with Crippen LogP contribution in [0.3, 0.4) is 0 Å². The Balaban J connectivity index is 1.39. The molecule has 0 aromatic heterocycles. The lowest BCUT2D eigenvalue weighted by Gasteiger charge is -2.39. The molecule has 3 aromatic rings. The van der Waals surface area contributed by atoms with Crippen molar-refractivity contribution in [1.29, 1.82) is 0 Å². The predicted octanol–water partition coefficient (Wildman–Crippen LogP) is 5.03. The van der Waals surface area contributed by atoms with Gasteiger partial charge in [0.15, 0.2) is 0 Å². The van der Waals surface area contributed by atoms with Crippen molar-refractivity contribution in [2.24, 2.45) is 5.92 Å². The van der Waals surface area contributed by atoms with Gasteiger partial charge in [-0.1, -0.05) is 72.3 Å². The fraction of sp³-hybridized carbons (Fsp3) is 0.333. The molecule has 0 radical (unpaired) electrons. The third kappa shape index (κ3) is 6.66. The maximum Gasteiger partial charge on any atom is 0.318 e. The summed E-state index contributed by atoms with van der Waals surface area (Å²) in [6.45, 7) is 3.47. The molecule has 1 aliphatic rings. The van der Waals surface area contributed by atoms with Gasteiger partial charge in [-0.25, -0.2) is 4.79 Å². The van der Waals surface area contributed by atoms with Crippen molar-refractivity contribution in [3.05, 3.63) is 101 Å². The van der Waals surface area contributed by atoms with E-state index in [-0.39, 0.29) is 23.9 Å². The maximum atomic E-state index is 13.3. The predicted molar refractivity (Wildman–Crippen MR) is 142 cm³/mol. The van der Waals surface area contributed by atoms with Gasteiger partial charge in [0.25, 0.3) is 0 Å². The second-order valence-corrected chi connectivity index (χ2v) is 9.39. The molecule has 2 N–H and O–H groups in total. The van der Waals surface area contributed by atoms with Gasteiger partial charge in [0, 0.05) is 19.6 Å². The maximum absolute atomic E-state index is 13.3. The van der Waals surface area contributed by atoms with E-state index in [9.17, 15) is 9.59 Å². The molecule has 0 spiro atoms. The Morgan fingerprint density at radius 2 is 1.69 bits per heavy atom. The van der Waals surface area contributed by atoms with Crippen molar-refractivity contribution in [2.45, 2.75) is 38.8 Å². The summed E-state index contributed by atoms with van der Waals surface area (Å²) in [5.41, 5.74) is 4.46. The quantitative estimate of drug-likeness (QED) is 0.470. The summed E-state index contributed by atoms with van der Waals surface area (Å²) >= 11 is 0. The van der Waals surface area contributed by atoms with E-state index in [1.54, 1.807) is 7.11 Å². The molecule has 3 aromatic carbocycles. The molecule has 4 rings (SSSR count). The van der Waals surface area contributed by atoms with Gasteiger partial charge in [0.05, 0.1) is 19.1 Å². The highest BCUT2D eigenvalue weighted by Crippen LogP contribution is 2.34. The SMILES string of the molecule is COc1ccc(CCNC(=O)C2CCC(c3cccc(C)c3)N(C(=O)NCc3ccccc3)C2)cc1. The summed E-state index contributed by atoms with van der Waals surface area (Å²) in [6, 6.07) is 25.9. The largest absolute Gasteiger partial charge is 0.497 e. The van der Waals surface area contributed by atoms with Gasteiger partial charge < -0.3 is 20.3 Å². The van der Waals surface area contributed by atoms with Crippen LogP contribution in [0, 0.1) is 12.8 Å². The van der Waals surface area contributed by atoms with Gasteiger partial charge in [0.1, 0.15) is 5.75 Å². The standard InChI is InChI=1S/C30H35N3O3/c1-22-7-6-10-25(19-22)28-16-13-26(21-33(28)30(35)32-20-24-8-4-3-5-9-24)29(34)31-18-17-23-11-14-27(36-2)15-12-23/h3-12,14-15,19,26,28H,13,16-18,20-21H2,1-2H3,(H,31,34)(H,32,35). The first kappa shape index (κ1) is 25.3. The van der Waals surface area contributed by atoms with Crippen molar-refractivity contribution in [3.63, 3.8) is 0 Å². The van der Waals surface area contributed by atoms with Crippen molar-refractivity contribution < 1.29 is 14.3 Å². The number of hydrogen-bond donors (Lipinski definition) is 2. The average molecular weight is 486 g/mol. The minimum absolute atomic E-state index is 0.00654. The number of urea groups is 1. The number of hydrogen-bond acceptors (Lipinski definition) is 3. The van der Waals surface area contributed by atoms with Gasteiger partial charge in [-0.3, -0.25) is 4.79 Å². The van der Waals surface area contributed by atoms with Crippen molar-refractivity contribution in [1.82, 2.24) is 15.5 Å². The molecule has 188 valence electrons. The first-order chi connectivity index (χ1) is 17.5. The molecule has 1 saturated heterocycles. The lowest BCUT2D eigenvalue weighted by Crippen LogP contribution is -2.50. The number of aryl methyl sites for hydroxylation is 1. The lowest BCUT2D eigenvalue weighted by atomic mass is 9.88. The number of nitrogens with one attached hydrogen (secondary N) is 2. The Kier molecular flexibility index (Phi) is 8.61. The summed E-state index contributed by atoms with van der Waals surface area (Å²) in [5.74, 6) is 0.593. The van der Waals surface area contributed by atoms with E-state index in [1.807, 2.05) is 65.6 Å². The van der Waals surface area contributed by atoms with Gasteiger partial charge in [-0.2, -0.15) is 0 Å². The number of amides is 3. The molecule has 6 nitrogen and oxygen atoms in total. The van der Waals surface area contributed by atoms with Crippen molar-refractivity contribution >= 4 is 11.9 Å². The third-order valence-electron chi connectivity index (χ3n) is 6.80. The normalized spacial score (nSPS) is 17.3. The molecule has 2 atom stereocenters. The summed E-state index contributed by atoms with van der Waals surface area (Å²) < 4.78 is 5.20. The second-order valence-electron chi connectivity index (χ2n) is 9.39. The van der Waals surface area contributed by atoms with Crippen LogP contribution < -0.4 is 15.4 Å².